The zero-order chi connectivity index (χ0) is 11.4. The molecule has 2 N–H and O–H groups in total. The van der Waals surface area contributed by atoms with Crippen molar-refractivity contribution in [1.29, 1.82) is 0 Å². The first-order valence-corrected chi connectivity index (χ1v) is 4.50. The van der Waals surface area contributed by atoms with Crippen LogP contribution >= 0.6 is 0 Å². The van der Waals surface area contributed by atoms with Crippen molar-refractivity contribution in [3.63, 3.8) is 0 Å². The largest absolute Gasteiger partial charge is 0.321 e. The second kappa shape index (κ2) is 4.65. The van der Waals surface area contributed by atoms with E-state index in [2.05, 4.69) is 0 Å². The molecular formula is C10H12N2O3. The second-order valence-electron chi connectivity index (χ2n) is 3.34. The predicted octanol–water partition coefficient (Wildman–Crippen LogP) is 1.05. The summed E-state index contributed by atoms with van der Waals surface area (Å²) in [5.74, 6) is -0.0895. The highest BCUT2D eigenvalue weighted by atomic mass is 16.6. The quantitative estimate of drug-likeness (QED) is 0.592. The third-order valence-corrected chi connectivity index (χ3v) is 2.12. The van der Waals surface area contributed by atoms with Crippen LogP contribution in [0.25, 0.3) is 0 Å². The minimum absolute atomic E-state index is 0.0372. The minimum Gasteiger partial charge on any atom is -0.321 e. The van der Waals surface area contributed by atoms with Crippen LogP contribution in [0.1, 0.15) is 12.5 Å². The number of rotatable bonds is 4. The van der Waals surface area contributed by atoms with E-state index in [4.69, 9.17) is 5.73 Å². The predicted molar refractivity (Wildman–Crippen MR) is 55.5 cm³/mol. The average Bonchev–Trinajstić information content (AvgIpc) is 2.18. The maximum atomic E-state index is 10.9. The van der Waals surface area contributed by atoms with Gasteiger partial charge < -0.3 is 5.73 Å². The van der Waals surface area contributed by atoms with E-state index in [0.717, 1.165) is 5.56 Å². The van der Waals surface area contributed by atoms with Crippen LogP contribution < -0.4 is 5.73 Å². The van der Waals surface area contributed by atoms with Gasteiger partial charge in [0.25, 0.3) is 5.69 Å². The van der Waals surface area contributed by atoms with Gasteiger partial charge in [0.05, 0.1) is 11.0 Å². The molecule has 0 saturated carbocycles. The normalized spacial score (nSPS) is 12.1. The second-order valence-corrected chi connectivity index (χ2v) is 3.34. The van der Waals surface area contributed by atoms with E-state index < -0.39 is 11.0 Å². The molecule has 0 fully saturated rings. The van der Waals surface area contributed by atoms with E-state index in [0.29, 0.717) is 6.42 Å². The van der Waals surface area contributed by atoms with Crippen molar-refractivity contribution < 1.29 is 9.72 Å². The van der Waals surface area contributed by atoms with Gasteiger partial charge in [-0.1, -0.05) is 12.1 Å². The maximum Gasteiger partial charge on any atom is 0.269 e. The summed E-state index contributed by atoms with van der Waals surface area (Å²) in [5.41, 5.74) is 6.42. The average molecular weight is 208 g/mol. The number of hydrogen-bond donors (Lipinski definition) is 1. The maximum absolute atomic E-state index is 10.9. The molecule has 0 unspecified atom stereocenters. The Morgan fingerprint density at radius 2 is 2.00 bits per heavy atom. The van der Waals surface area contributed by atoms with Gasteiger partial charge in [0, 0.05) is 12.1 Å². The molecule has 0 radical (unpaired) electrons. The van der Waals surface area contributed by atoms with Crippen LogP contribution in [-0.2, 0) is 11.2 Å². The third-order valence-electron chi connectivity index (χ3n) is 2.12. The lowest BCUT2D eigenvalue weighted by Gasteiger charge is -2.06. The molecule has 0 aliphatic carbocycles. The van der Waals surface area contributed by atoms with E-state index in [9.17, 15) is 14.9 Å². The molecule has 5 heteroatoms. The number of carbonyl (C=O) groups excluding carboxylic acids is 1. The van der Waals surface area contributed by atoms with Crippen molar-refractivity contribution in [3.8, 4) is 0 Å². The van der Waals surface area contributed by atoms with Crippen LogP contribution in [0.5, 0.6) is 0 Å². The number of hydrogen-bond acceptors (Lipinski definition) is 4. The van der Waals surface area contributed by atoms with E-state index in [-0.39, 0.29) is 11.5 Å². The van der Waals surface area contributed by atoms with Crippen molar-refractivity contribution in [1.82, 2.24) is 0 Å². The van der Waals surface area contributed by atoms with Crippen molar-refractivity contribution in [2.45, 2.75) is 19.4 Å². The SMILES string of the molecule is CC(=O)[C@@H](N)Cc1ccc([N+](=O)[O-])cc1. The molecule has 5 nitrogen and oxygen atoms in total. The Kier molecular flexibility index (Phi) is 3.51. The Bertz CT molecular complexity index is 373. The van der Waals surface area contributed by atoms with Gasteiger partial charge in [-0.2, -0.15) is 0 Å². The first-order valence-electron chi connectivity index (χ1n) is 4.50. The van der Waals surface area contributed by atoms with E-state index in [1.54, 1.807) is 12.1 Å². The molecule has 0 amide bonds. The van der Waals surface area contributed by atoms with Gasteiger partial charge in [-0.3, -0.25) is 14.9 Å². The highest BCUT2D eigenvalue weighted by Crippen LogP contribution is 2.12. The van der Waals surface area contributed by atoms with Crippen LogP contribution in [0.15, 0.2) is 24.3 Å². The molecule has 0 spiro atoms. The molecule has 0 aromatic heterocycles. The van der Waals surface area contributed by atoms with Gasteiger partial charge in [-0.25, -0.2) is 0 Å². The summed E-state index contributed by atoms with van der Waals surface area (Å²) in [6.07, 6.45) is 0.410. The van der Waals surface area contributed by atoms with Crippen LogP contribution in [0.3, 0.4) is 0 Å². The summed E-state index contributed by atoms with van der Waals surface area (Å²) in [6, 6.07) is 5.50. The molecule has 0 bridgehead atoms. The molecule has 1 aromatic carbocycles. The van der Waals surface area contributed by atoms with Crippen LogP contribution in [-0.4, -0.2) is 16.7 Å². The number of nitrogens with zero attached hydrogens (tertiary/aromatic N) is 1. The summed E-state index contributed by atoms with van der Waals surface area (Å²) in [6.45, 7) is 1.43. The zero-order valence-electron chi connectivity index (χ0n) is 8.34. The lowest BCUT2D eigenvalue weighted by Crippen LogP contribution is -2.30. The Labute approximate surface area is 87.0 Å². The summed E-state index contributed by atoms with van der Waals surface area (Å²) in [5, 5.41) is 10.4. The van der Waals surface area contributed by atoms with Gasteiger partial charge in [0.1, 0.15) is 5.78 Å². The minimum atomic E-state index is -0.536. The van der Waals surface area contributed by atoms with Gasteiger partial charge in [0.2, 0.25) is 0 Å². The Hall–Kier alpha value is -1.75. The van der Waals surface area contributed by atoms with Crippen LogP contribution in [0.4, 0.5) is 5.69 Å². The molecule has 80 valence electrons. The number of ketones is 1. The number of nitrogens with two attached hydrogens (primary N) is 1. The molecule has 0 heterocycles. The molecule has 0 saturated heterocycles. The monoisotopic (exact) mass is 208 g/mol. The smallest absolute Gasteiger partial charge is 0.269 e. The highest BCUT2D eigenvalue weighted by molar-refractivity contribution is 5.81. The van der Waals surface area contributed by atoms with Crippen molar-refractivity contribution in [2.24, 2.45) is 5.73 Å². The summed E-state index contributed by atoms with van der Waals surface area (Å²) >= 11 is 0. The standard InChI is InChI=1S/C10H12N2O3/c1-7(13)10(11)6-8-2-4-9(5-3-8)12(14)15/h2-5,10H,6,11H2,1H3/t10-/m0/s1. The molecule has 15 heavy (non-hydrogen) atoms. The van der Waals surface area contributed by atoms with Gasteiger partial charge >= 0.3 is 0 Å². The van der Waals surface area contributed by atoms with E-state index in [1.807, 2.05) is 0 Å². The van der Waals surface area contributed by atoms with Crippen LogP contribution in [0.2, 0.25) is 0 Å². The van der Waals surface area contributed by atoms with Crippen LogP contribution in [0, 0.1) is 10.1 Å². The zero-order valence-corrected chi connectivity index (χ0v) is 8.34. The molecule has 1 aromatic rings. The van der Waals surface area contributed by atoms with Crippen molar-refractivity contribution in [2.75, 3.05) is 0 Å². The summed E-state index contributed by atoms with van der Waals surface area (Å²) in [7, 11) is 0. The van der Waals surface area contributed by atoms with Crippen molar-refractivity contribution in [3.05, 3.63) is 39.9 Å². The first kappa shape index (κ1) is 11.3. The summed E-state index contributed by atoms with van der Waals surface area (Å²) in [4.78, 5) is 20.8. The molecule has 1 rings (SSSR count). The molecule has 0 aliphatic heterocycles. The lowest BCUT2D eigenvalue weighted by molar-refractivity contribution is -0.384. The third kappa shape index (κ3) is 3.14. The number of nitro benzene ring substituents is 1. The van der Waals surface area contributed by atoms with Gasteiger partial charge in [-0.15, -0.1) is 0 Å². The van der Waals surface area contributed by atoms with Crippen molar-refractivity contribution >= 4 is 11.5 Å². The summed E-state index contributed by atoms with van der Waals surface area (Å²) < 4.78 is 0. The molecule has 1 atom stereocenters. The Balaban J connectivity index is 2.72. The Morgan fingerprint density at radius 3 is 2.40 bits per heavy atom. The van der Waals surface area contributed by atoms with Gasteiger partial charge in [0.15, 0.2) is 0 Å². The first-order chi connectivity index (χ1) is 7.00. The fraction of sp³-hybridized carbons (Fsp3) is 0.300. The number of benzene rings is 1. The molecular weight excluding hydrogens is 196 g/mol. The number of Topliss-reactive ketones (excluding diaryl/α,β-unsaturated/α-hetero) is 1. The number of carbonyl (C=O) groups is 1. The van der Waals surface area contributed by atoms with E-state index >= 15 is 0 Å². The number of nitro groups is 1. The number of non-ortho nitro benzene ring substituents is 1. The fourth-order valence-corrected chi connectivity index (χ4v) is 1.15. The fourth-order valence-electron chi connectivity index (χ4n) is 1.15. The van der Waals surface area contributed by atoms with E-state index in [1.165, 1.54) is 19.1 Å². The van der Waals surface area contributed by atoms with Gasteiger partial charge in [-0.05, 0) is 18.9 Å². The Morgan fingerprint density at radius 1 is 1.47 bits per heavy atom. The highest BCUT2D eigenvalue weighted by Gasteiger charge is 2.10. The topological polar surface area (TPSA) is 86.2 Å². The molecule has 0 aliphatic rings. The lowest BCUT2D eigenvalue weighted by atomic mass is 10.0.